The van der Waals surface area contributed by atoms with E-state index in [1.165, 1.54) is 12.2 Å². The molecule has 0 aliphatic carbocycles. The predicted octanol–water partition coefficient (Wildman–Crippen LogP) is -3.64. The number of hydrogen-bond donors (Lipinski definition) is 5. The summed E-state index contributed by atoms with van der Waals surface area (Å²) in [5.41, 5.74) is -1.80. The summed E-state index contributed by atoms with van der Waals surface area (Å²) in [5.74, 6) is -2.72. The fraction of sp³-hybridized carbons (Fsp3) is 0.333. The Morgan fingerprint density at radius 1 is 1.06 bits per heavy atom. The van der Waals surface area contributed by atoms with E-state index in [0.29, 0.717) is 0 Å². The van der Waals surface area contributed by atoms with Crippen molar-refractivity contribution in [1.29, 1.82) is 0 Å². The van der Waals surface area contributed by atoms with Crippen LogP contribution in [0.15, 0.2) is 25.3 Å². The van der Waals surface area contributed by atoms with Gasteiger partial charge in [-0.25, -0.2) is 0 Å². The van der Waals surface area contributed by atoms with E-state index < -0.39 is 24.7 Å². The predicted molar refractivity (Wildman–Crippen MR) is 60.9 cm³/mol. The van der Waals surface area contributed by atoms with Crippen LogP contribution >= 0.6 is 0 Å². The molecule has 0 atom stereocenters. The molecule has 9 heteroatoms. The average molecular weight is 254 g/mol. The van der Waals surface area contributed by atoms with Gasteiger partial charge in [-0.2, -0.15) is 0 Å². The third kappa shape index (κ3) is 8.11. The Kier molecular flexibility index (Phi) is 13.6. The van der Waals surface area contributed by atoms with Crippen molar-refractivity contribution in [3.05, 3.63) is 25.3 Å². The van der Waals surface area contributed by atoms with Crippen molar-refractivity contribution < 1.29 is 55.2 Å². The summed E-state index contributed by atoms with van der Waals surface area (Å²) in [4.78, 5) is 21.5. The summed E-state index contributed by atoms with van der Waals surface area (Å²) in [6.07, 6.45) is 2.35. The zero-order valence-electron chi connectivity index (χ0n) is 11.1. The van der Waals surface area contributed by atoms with E-state index in [2.05, 4.69) is 13.2 Å². The van der Waals surface area contributed by atoms with Crippen LogP contribution in [0, 0.1) is 5.41 Å². The van der Waals surface area contributed by atoms with E-state index in [-0.39, 0.29) is 33.1 Å². The number of rotatable bonds is 6. The van der Waals surface area contributed by atoms with Crippen LogP contribution in [0.3, 0.4) is 0 Å². The number of hydrogen-bond acceptors (Lipinski definition) is 5. The summed E-state index contributed by atoms with van der Waals surface area (Å²) in [6, 6.07) is 0. The quantitative estimate of drug-likeness (QED) is 0.187. The maximum atomic E-state index is 10.8. The Labute approximate surface area is 118 Å². The minimum absolute atomic E-state index is 0. The Hall–Kier alpha value is -1.04. The molecule has 0 heterocycles. The summed E-state index contributed by atoms with van der Waals surface area (Å²) in [6.45, 7) is 6.66. The number of carboxylic acids is 2. The van der Waals surface area contributed by atoms with E-state index in [1.807, 2.05) is 0 Å². The van der Waals surface area contributed by atoms with Gasteiger partial charge in [0.25, 0.3) is 0 Å². The van der Waals surface area contributed by atoms with E-state index >= 15 is 0 Å². The third-order valence-electron chi connectivity index (χ3n) is 1.80. The molecule has 0 amide bonds. The van der Waals surface area contributed by atoms with Gasteiger partial charge in [0.05, 0.1) is 0 Å². The molecule has 0 unspecified atom stereocenters. The normalized spacial score (nSPS) is 9.06. The molecule has 7 nitrogen and oxygen atoms in total. The van der Waals surface area contributed by atoms with Crippen LogP contribution in [0.2, 0.25) is 0 Å². The number of allylic oxidation sites excluding steroid dienone is 2. The molecule has 0 fully saturated rings. The number of aliphatic carboxylic acids is 2. The maximum Gasteiger partial charge on any atom is 1.00 e. The second-order valence-corrected chi connectivity index (χ2v) is 3.02. The van der Waals surface area contributed by atoms with Crippen molar-refractivity contribution in [3.63, 3.8) is 0 Å². The van der Waals surface area contributed by atoms with Gasteiger partial charge in [0.2, 0.25) is 0 Å². The summed E-state index contributed by atoms with van der Waals surface area (Å²) >= 11 is 0. The maximum absolute atomic E-state index is 10.8. The molecule has 0 aliphatic rings. The molecule has 0 aromatic rings. The van der Waals surface area contributed by atoms with E-state index in [4.69, 9.17) is 25.3 Å². The first-order chi connectivity index (χ1) is 7.74. The van der Waals surface area contributed by atoms with Gasteiger partial charge in [-0.1, -0.05) is 12.2 Å². The summed E-state index contributed by atoms with van der Waals surface area (Å²) < 4.78 is 0. The molecule has 0 saturated heterocycles. The van der Waals surface area contributed by atoms with Gasteiger partial charge in [-0.15, -0.1) is 13.2 Å². The fourth-order valence-electron chi connectivity index (χ4n) is 1.02. The second-order valence-electron chi connectivity index (χ2n) is 3.02. The molecule has 5 N–H and O–H groups in total. The summed E-state index contributed by atoms with van der Waals surface area (Å²) in [7, 11) is -2.17. The Bertz CT molecular complexity index is 270. The molecule has 0 spiro atoms. The van der Waals surface area contributed by atoms with Crippen molar-refractivity contribution >= 4 is 19.3 Å². The molecule has 0 rings (SSSR count). The minimum atomic E-state index is -2.17. The van der Waals surface area contributed by atoms with E-state index in [9.17, 15) is 9.59 Å². The molecular weight excluding hydrogens is 238 g/mol. The minimum Gasteiger partial charge on any atom is -1.00 e. The van der Waals surface area contributed by atoms with Crippen LogP contribution in [-0.4, -0.2) is 44.5 Å². The molecule has 0 radical (unpaired) electrons. The van der Waals surface area contributed by atoms with E-state index in [1.54, 1.807) is 0 Å². The van der Waals surface area contributed by atoms with Crippen LogP contribution in [0.1, 0.15) is 14.3 Å². The largest absolute Gasteiger partial charge is 1.00 e. The monoisotopic (exact) mass is 254 g/mol. The first-order valence-corrected chi connectivity index (χ1v) is 4.47. The van der Waals surface area contributed by atoms with Gasteiger partial charge in [-0.3, -0.25) is 9.59 Å². The first kappa shape index (κ1) is 22.2. The molecular formula is C9H16BLiO7. The molecule has 0 aromatic heterocycles. The van der Waals surface area contributed by atoms with Gasteiger partial charge >= 0.3 is 38.1 Å². The topological polar surface area (TPSA) is 135 Å². The standard InChI is InChI=1S/C9H12O4.BH3O3.Li.H/c1-3-5-9(6-4-2,7(10)11)8(12)13;2-1(3)4;;/h3-4H,1-2,5-6H2,(H,10,11)(H,12,13);2-4H;;/q;;+1;-1. The molecule has 0 bridgehead atoms. The summed E-state index contributed by atoms with van der Waals surface area (Å²) in [5, 5.41) is 39.1. The Morgan fingerprint density at radius 3 is 1.39 bits per heavy atom. The van der Waals surface area contributed by atoms with Gasteiger partial charge in [0, 0.05) is 0 Å². The molecule has 18 heavy (non-hydrogen) atoms. The van der Waals surface area contributed by atoms with Crippen molar-refractivity contribution in [2.45, 2.75) is 12.8 Å². The van der Waals surface area contributed by atoms with Gasteiger partial charge in [0.15, 0.2) is 5.41 Å². The SMILES string of the molecule is C=CCC(CC=C)(C(=O)O)C(=O)O.OB(O)O.[H-].[Li+]. The van der Waals surface area contributed by atoms with Crippen LogP contribution < -0.4 is 18.9 Å². The van der Waals surface area contributed by atoms with Gasteiger partial charge < -0.3 is 26.7 Å². The number of carboxylic acid groups (broad SMARTS) is 2. The van der Waals surface area contributed by atoms with Crippen molar-refractivity contribution in [1.82, 2.24) is 0 Å². The average Bonchev–Trinajstić information content (AvgIpc) is 2.15. The second kappa shape index (κ2) is 11.1. The smallest absolute Gasteiger partial charge is 1.00 e. The molecule has 0 saturated carbocycles. The third-order valence-corrected chi connectivity index (χ3v) is 1.80. The fourth-order valence-corrected chi connectivity index (χ4v) is 1.02. The van der Waals surface area contributed by atoms with Crippen LogP contribution in [0.25, 0.3) is 0 Å². The van der Waals surface area contributed by atoms with Gasteiger partial charge in [0.1, 0.15) is 0 Å². The van der Waals surface area contributed by atoms with Crippen LogP contribution in [0.5, 0.6) is 0 Å². The van der Waals surface area contributed by atoms with E-state index in [0.717, 1.165) is 0 Å². The Balaban J connectivity index is -0.000000165. The van der Waals surface area contributed by atoms with Gasteiger partial charge in [-0.05, 0) is 12.8 Å². The zero-order valence-corrected chi connectivity index (χ0v) is 10.1. The van der Waals surface area contributed by atoms with Crippen molar-refractivity contribution in [3.8, 4) is 0 Å². The zero-order chi connectivity index (χ0) is 14.1. The van der Waals surface area contributed by atoms with Crippen molar-refractivity contribution in [2.24, 2.45) is 5.41 Å². The molecule has 98 valence electrons. The van der Waals surface area contributed by atoms with Crippen LogP contribution in [-0.2, 0) is 9.59 Å². The number of carbonyl (C=O) groups is 2. The first-order valence-electron chi connectivity index (χ1n) is 4.47. The Morgan fingerprint density at radius 2 is 1.28 bits per heavy atom. The molecule has 0 aliphatic heterocycles. The van der Waals surface area contributed by atoms with Crippen molar-refractivity contribution in [2.75, 3.05) is 0 Å². The van der Waals surface area contributed by atoms with Crippen LogP contribution in [0.4, 0.5) is 0 Å². The molecule has 0 aromatic carbocycles.